The number of Topliss-reactive ketones (excluding diaryl/α,β-unsaturated/α-hetero) is 1. The molecular weight excluding hydrogens is 228 g/mol. The minimum atomic E-state index is -0.979. The summed E-state index contributed by atoms with van der Waals surface area (Å²) in [6, 6.07) is 0. The van der Waals surface area contributed by atoms with E-state index in [4.69, 9.17) is 5.11 Å². The summed E-state index contributed by atoms with van der Waals surface area (Å²) in [6.07, 6.45) is 5.13. The average Bonchev–Trinajstić information content (AvgIpc) is 2.30. The van der Waals surface area contributed by atoms with Crippen molar-refractivity contribution in [3.05, 3.63) is 23.8 Å². The zero-order chi connectivity index (χ0) is 13.5. The fraction of sp³-hybridized carbons (Fsp3) is 0.600. The number of carboxylic acid groups (broad SMARTS) is 1. The summed E-state index contributed by atoms with van der Waals surface area (Å²) in [4.78, 5) is 23.2. The number of ketones is 1. The van der Waals surface area contributed by atoms with Gasteiger partial charge >= 0.3 is 5.97 Å². The first-order chi connectivity index (χ1) is 8.36. The third-order valence-electron chi connectivity index (χ3n) is 4.82. The van der Waals surface area contributed by atoms with Crippen LogP contribution >= 0.6 is 0 Å². The lowest BCUT2D eigenvalue weighted by atomic mass is 9.57. The first-order valence-corrected chi connectivity index (χ1v) is 6.52. The van der Waals surface area contributed by atoms with Crippen LogP contribution in [0.3, 0.4) is 0 Å². The highest BCUT2D eigenvalue weighted by Crippen LogP contribution is 2.51. The van der Waals surface area contributed by atoms with E-state index < -0.39 is 5.97 Å². The van der Waals surface area contributed by atoms with Gasteiger partial charge < -0.3 is 5.11 Å². The second-order valence-electron chi connectivity index (χ2n) is 5.87. The fourth-order valence-electron chi connectivity index (χ4n) is 3.38. The minimum absolute atomic E-state index is 0.114. The van der Waals surface area contributed by atoms with Gasteiger partial charge in [-0.1, -0.05) is 26.5 Å². The van der Waals surface area contributed by atoms with Crippen LogP contribution in [0.5, 0.6) is 0 Å². The van der Waals surface area contributed by atoms with Gasteiger partial charge in [0.15, 0.2) is 5.78 Å². The van der Waals surface area contributed by atoms with Crippen LogP contribution in [0, 0.1) is 17.3 Å². The van der Waals surface area contributed by atoms with E-state index in [0.717, 1.165) is 24.8 Å². The van der Waals surface area contributed by atoms with Gasteiger partial charge in [-0.25, -0.2) is 4.79 Å². The smallest absolute Gasteiger partial charge is 0.331 e. The molecule has 0 unspecified atom stereocenters. The van der Waals surface area contributed by atoms with E-state index in [1.807, 2.05) is 0 Å². The number of carbonyl (C=O) groups excluding carboxylic acids is 1. The summed E-state index contributed by atoms with van der Waals surface area (Å²) < 4.78 is 0. The highest BCUT2D eigenvalue weighted by molar-refractivity contribution is 5.99. The number of aliphatic carboxylic acids is 1. The number of hydrogen-bond donors (Lipinski definition) is 1. The molecule has 18 heavy (non-hydrogen) atoms. The molecule has 0 aromatic carbocycles. The van der Waals surface area contributed by atoms with Crippen LogP contribution in [0.15, 0.2) is 23.8 Å². The normalized spacial score (nSPS) is 35.7. The highest BCUT2D eigenvalue weighted by Gasteiger charge is 2.46. The molecule has 0 heterocycles. The summed E-state index contributed by atoms with van der Waals surface area (Å²) in [5.74, 6) is -0.654. The van der Waals surface area contributed by atoms with Gasteiger partial charge in [0.2, 0.25) is 0 Å². The Hall–Kier alpha value is -1.38. The van der Waals surface area contributed by atoms with Crippen LogP contribution in [-0.4, -0.2) is 16.9 Å². The van der Waals surface area contributed by atoms with Crippen LogP contribution in [-0.2, 0) is 9.59 Å². The number of allylic oxidation sites excluding steroid dienone is 2. The largest absolute Gasteiger partial charge is 0.478 e. The van der Waals surface area contributed by atoms with Crippen LogP contribution in [0.1, 0.15) is 39.5 Å². The number of carbonyl (C=O) groups is 2. The Morgan fingerprint density at radius 3 is 2.83 bits per heavy atom. The van der Waals surface area contributed by atoms with Crippen molar-refractivity contribution in [2.24, 2.45) is 17.3 Å². The molecule has 1 fully saturated rings. The summed E-state index contributed by atoms with van der Waals surface area (Å²) >= 11 is 0. The molecule has 2 rings (SSSR count). The van der Waals surface area contributed by atoms with E-state index >= 15 is 0 Å². The van der Waals surface area contributed by atoms with Crippen LogP contribution in [0.4, 0.5) is 0 Å². The zero-order valence-electron chi connectivity index (χ0n) is 11.0. The lowest BCUT2D eigenvalue weighted by molar-refractivity contribution is -0.133. The number of carboxylic acids is 1. The molecule has 3 nitrogen and oxygen atoms in total. The molecule has 1 saturated carbocycles. The van der Waals surface area contributed by atoms with E-state index in [2.05, 4.69) is 26.5 Å². The molecule has 2 aliphatic carbocycles. The molecule has 0 aromatic rings. The number of rotatable bonds is 2. The van der Waals surface area contributed by atoms with Crippen molar-refractivity contribution >= 4 is 11.8 Å². The Labute approximate surface area is 108 Å². The third-order valence-corrected chi connectivity index (χ3v) is 4.82. The highest BCUT2D eigenvalue weighted by atomic mass is 16.4. The van der Waals surface area contributed by atoms with Crippen molar-refractivity contribution in [1.29, 1.82) is 0 Å². The molecule has 3 atom stereocenters. The summed E-state index contributed by atoms with van der Waals surface area (Å²) in [5.41, 5.74) is 0.938. The summed E-state index contributed by atoms with van der Waals surface area (Å²) in [5, 5.41) is 9.04. The van der Waals surface area contributed by atoms with Crippen molar-refractivity contribution in [2.45, 2.75) is 39.5 Å². The second kappa shape index (κ2) is 4.38. The van der Waals surface area contributed by atoms with Crippen molar-refractivity contribution in [3.8, 4) is 0 Å². The van der Waals surface area contributed by atoms with E-state index in [0.29, 0.717) is 12.3 Å². The van der Waals surface area contributed by atoms with Gasteiger partial charge in [-0.3, -0.25) is 4.79 Å². The van der Waals surface area contributed by atoms with Gasteiger partial charge in [-0.05, 0) is 42.1 Å². The molecule has 0 spiro atoms. The molecule has 0 saturated heterocycles. The molecule has 3 heteroatoms. The summed E-state index contributed by atoms with van der Waals surface area (Å²) in [7, 11) is 0. The molecule has 98 valence electrons. The van der Waals surface area contributed by atoms with Crippen LogP contribution < -0.4 is 0 Å². The number of fused-ring (bicyclic) bond motifs is 1. The Bertz CT molecular complexity index is 447. The summed E-state index contributed by atoms with van der Waals surface area (Å²) in [6.45, 7) is 7.89. The molecule has 0 bridgehead atoms. The predicted molar refractivity (Wildman–Crippen MR) is 69.1 cm³/mol. The molecule has 2 aliphatic rings. The van der Waals surface area contributed by atoms with Crippen LogP contribution in [0.25, 0.3) is 0 Å². The topological polar surface area (TPSA) is 54.4 Å². The Kier molecular flexibility index (Phi) is 3.18. The van der Waals surface area contributed by atoms with Gasteiger partial charge in [-0.15, -0.1) is 0 Å². The molecule has 0 aromatic heterocycles. The lowest BCUT2D eigenvalue weighted by Gasteiger charge is -2.46. The van der Waals surface area contributed by atoms with Gasteiger partial charge in [0, 0.05) is 12.0 Å². The lowest BCUT2D eigenvalue weighted by Crippen LogP contribution is -2.41. The predicted octanol–water partition coefficient (Wildman–Crippen LogP) is 2.97. The number of hydrogen-bond acceptors (Lipinski definition) is 2. The van der Waals surface area contributed by atoms with Gasteiger partial charge in [0.25, 0.3) is 0 Å². The maximum Gasteiger partial charge on any atom is 0.331 e. The van der Waals surface area contributed by atoms with Gasteiger partial charge in [0.1, 0.15) is 0 Å². The van der Waals surface area contributed by atoms with E-state index in [9.17, 15) is 9.59 Å². The van der Waals surface area contributed by atoms with E-state index in [-0.39, 0.29) is 22.7 Å². The molecule has 0 amide bonds. The van der Waals surface area contributed by atoms with Crippen LogP contribution in [0.2, 0.25) is 0 Å². The standard InChI is InChI=1S/C15H20O3/c1-9-5-4-6-12-13(16)7-11(8-15(9,12)3)10(2)14(17)18/h6,9,11H,2,4-5,7-8H2,1,3H3,(H,17,18)/t9-,11+,15+/m0/s1. The SMILES string of the molecule is C=C(C(=O)O)[C@@H]1CC(=O)C2=CCC[C@H](C)[C@@]2(C)C1. The third kappa shape index (κ3) is 1.92. The molecule has 1 N–H and O–H groups in total. The van der Waals surface area contributed by atoms with Gasteiger partial charge in [0.05, 0.1) is 0 Å². The second-order valence-corrected chi connectivity index (χ2v) is 5.87. The Morgan fingerprint density at radius 1 is 1.56 bits per heavy atom. The maximum absolute atomic E-state index is 12.2. The maximum atomic E-state index is 12.2. The zero-order valence-corrected chi connectivity index (χ0v) is 11.0. The monoisotopic (exact) mass is 248 g/mol. The van der Waals surface area contributed by atoms with E-state index in [1.165, 1.54) is 0 Å². The van der Waals surface area contributed by atoms with Crippen molar-refractivity contribution < 1.29 is 14.7 Å². The minimum Gasteiger partial charge on any atom is -0.478 e. The quantitative estimate of drug-likeness (QED) is 0.764. The van der Waals surface area contributed by atoms with Gasteiger partial charge in [-0.2, -0.15) is 0 Å². The Balaban J connectivity index is 2.33. The average molecular weight is 248 g/mol. The fourth-order valence-corrected chi connectivity index (χ4v) is 3.38. The first kappa shape index (κ1) is 13.1. The molecular formula is C15H20O3. The Morgan fingerprint density at radius 2 is 2.22 bits per heavy atom. The van der Waals surface area contributed by atoms with E-state index in [1.54, 1.807) is 0 Å². The molecule has 0 aliphatic heterocycles. The van der Waals surface area contributed by atoms with Crippen molar-refractivity contribution in [3.63, 3.8) is 0 Å². The first-order valence-electron chi connectivity index (χ1n) is 6.52. The molecule has 0 radical (unpaired) electrons. The van der Waals surface area contributed by atoms with Crippen molar-refractivity contribution in [1.82, 2.24) is 0 Å². The van der Waals surface area contributed by atoms with Crippen molar-refractivity contribution in [2.75, 3.05) is 0 Å².